The zero-order valence-corrected chi connectivity index (χ0v) is 13.9. The molecule has 0 amide bonds. The van der Waals surface area contributed by atoms with Gasteiger partial charge in [0.1, 0.15) is 22.9 Å². The highest BCUT2D eigenvalue weighted by Crippen LogP contribution is 2.26. The first-order chi connectivity index (χ1) is 11.3. The van der Waals surface area contributed by atoms with Crippen LogP contribution in [0.2, 0.25) is 0 Å². The molecule has 0 atom stereocenters. The molecule has 0 aliphatic heterocycles. The summed E-state index contributed by atoms with van der Waals surface area (Å²) in [6, 6.07) is 7.32. The van der Waals surface area contributed by atoms with Crippen LogP contribution < -0.4 is 10.3 Å². The monoisotopic (exact) mass is 352 g/mol. The second kappa shape index (κ2) is 6.83. The Kier molecular flexibility index (Phi) is 5.03. The molecule has 1 N–H and O–H groups in total. The fourth-order valence-electron chi connectivity index (χ4n) is 2.06. The van der Waals surface area contributed by atoms with Crippen molar-refractivity contribution in [2.24, 2.45) is 0 Å². The zero-order valence-electron chi connectivity index (χ0n) is 13.1. The maximum absolute atomic E-state index is 12.3. The van der Waals surface area contributed by atoms with E-state index in [4.69, 9.17) is 9.84 Å². The molecular formula is C15H16N2O6S. The van der Waals surface area contributed by atoms with Gasteiger partial charge in [0.15, 0.2) is 9.84 Å². The summed E-state index contributed by atoms with van der Waals surface area (Å²) < 4.78 is 30.3. The number of sulfone groups is 1. The molecule has 0 aliphatic carbocycles. The average Bonchev–Trinajstić information content (AvgIpc) is 2.56. The van der Waals surface area contributed by atoms with Gasteiger partial charge >= 0.3 is 5.97 Å². The lowest BCUT2D eigenvalue weighted by Gasteiger charge is -2.11. The van der Waals surface area contributed by atoms with Gasteiger partial charge in [-0.3, -0.25) is 9.59 Å². The standard InChI is InChI=1S/C15H16N2O6S/c1-3-24(21,22)12-8-13(18)17(9-14(19)20)16-15(12)10-4-6-11(23-2)7-5-10/h4-8H,3,9H2,1-2H3,(H,19,20). The number of hydrogen-bond acceptors (Lipinski definition) is 6. The van der Waals surface area contributed by atoms with E-state index in [1.807, 2.05) is 0 Å². The van der Waals surface area contributed by atoms with Crippen LogP contribution in [0.25, 0.3) is 11.3 Å². The van der Waals surface area contributed by atoms with E-state index < -0.39 is 27.9 Å². The van der Waals surface area contributed by atoms with E-state index in [0.29, 0.717) is 11.3 Å². The van der Waals surface area contributed by atoms with Crippen molar-refractivity contribution in [3.8, 4) is 17.0 Å². The first-order valence-corrected chi connectivity index (χ1v) is 8.65. The molecule has 2 rings (SSSR count). The summed E-state index contributed by atoms with van der Waals surface area (Å²) in [5, 5.41) is 12.8. The van der Waals surface area contributed by atoms with E-state index >= 15 is 0 Å². The number of carbonyl (C=O) groups is 1. The van der Waals surface area contributed by atoms with E-state index in [-0.39, 0.29) is 16.3 Å². The zero-order chi connectivity index (χ0) is 17.9. The predicted molar refractivity (Wildman–Crippen MR) is 85.8 cm³/mol. The third-order valence-corrected chi connectivity index (χ3v) is 5.07. The number of aliphatic carboxylic acids is 1. The van der Waals surface area contributed by atoms with Crippen molar-refractivity contribution in [2.45, 2.75) is 18.4 Å². The van der Waals surface area contributed by atoms with Crippen molar-refractivity contribution in [1.29, 1.82) is 0 Å². The first kappa shape index (κ1) is 17.7. The molecule has 0 radical (unpaired) electrons. The molecule has 0 saturated carbocycles. The highest BCUT2D eigenvalue weighted by molar-refractivity contribution is 7.91. The van der Waals surface area contributed by atoms with Gasteiger partial charge in [-0.05, 0) is 24.3 Å². The maximum atomic E-state index is 12.3. The highest BCUT2D eigenvalue weighted by atomic mass is 32.2. The van der Waals surface area contributed by atoms with Gasteiger partial charge in [0.25, 0.3) is 5.56 Å². The fraction of sp³-hybridized carbons (Fsp3) is 0.267. The number of carboxylic acids is 1. The summed E-state index contributed by atoms with van der Waals surface area (Å²) >= 11 is 0. The van der Waals surface area contributed by atoms with Crippen molar-refractivity contribution in [2.75, 3.05) is 12.9 Å². The largest absolute Gasteiger partial charge is 0.497 e. The molecule has 1 aromatic heterocycles. The lowest BCUT2D eigenvalue weighted by Crippen LogP contribution is -2.28. The Labute approximate surface area is 138 Å². The molecule has 1 heterocycles. The number of methoxy groups -OCH3 is 1. The predicted octanol–water partition coefficient (Wildman–Crippen LogP) is 0.797. The van der Waals surface area contributed by atoms with Crippen molar-refractivity contribution in [3.05, 3.63) is 40.7 Å². The molecule has 0 bridgehead atoms. The molecule has 128 valence electrons. The highest BCUT2D eigenvalue weighted by Gasteiger charge is 2.22. The third kappa shape index (κ3) is 3.62. The Morgan fingerprint density at radius 1 is 1.29 bits per heavy atom. The Balaban J connectivity index is 2.73. The Hall–Kier alpha value is -2.68. The number of rotatable bonds is 6. The van der Waals surface area contributed by atoms with E-state index in [0.717, 1.165) is 10.7 Å². The van der Waals surface area contributed by atoms with Gasteiger partial charge in [-0.15, -0.1) is 0 Å². The molecule has 0 unspecified atom stereocenters. The van der Waals surface area contributed by atoms with Crippen LogP contribution in [-0.4, -0.2) is 42.1 Å². The molecule has 24 heavy (non-hydrogen) atoms. The summed E-state index contributed by atoms with van der Waals surface area (Å²) in [5.74, 6) is -0.894. The average molecular weight is 352 g/mol. The van der Waals surface area contributed by atoms with Crippen LogP contribution in [-0.2, 0) is 21.2 Å². The minimum atomic E-state index is -3.71. The van der Waals surface area contributed by atoms with Crippen molar-refractivity contribution in [3.63, 3.8) is 0 Å². The Morgan fingerprint density at radius 2 is 1.92 bits per heavy atom. The minimum Gasteiger partial charge on any atom is -0.497 e. The number of carboxylic acid groups (broad SMARTS) is 1. The fourth-order valence-corrected chi connectivity index (χ4v) is 3.10. The second-order valence-corrected chi connectivity index (χ2v) is 7.13. The molecule has 0 aliphatic rings. The number of benzene rings is 1. The Morgan fingerprint density at radius 3 is 2.42 bits per heavy atom. The van der Waals surface area contributed by atoms with Gasteiger partial charge in [-0.25, -0.2) is 13.1 Å². The number of ether oxygens (including phenoxy) is 1. The van der Waals surface area contributed by atoms with Crippen LogP contribution in [0.1, 0.15) is 6.92 Å². The second-order valence-electron chi connectivity index (χ2n) is 4.88. The van der Waals surface area contributed by atoms with Gasteiger partial charge in [0, 0.05) is 11.6 Å². The van der Waals surface area contributed by atoms with Gasteiger partial charge in [-0.2, -0.15) is 5.10 Å². The summed E-state index contributed by atoms with van der Waals surface area (Å²) in [4.78, 5) is 22.6. The summed E-state index contributed by atoms with van der Waals surface area (Å²) in [5.41, 5.74) is -0.330. The van der Waals surface area contributed by atoms with Gasteiger partial charge in [0.2, 0.25) is 0 Å². The molecule has 2 aromatic rings. The molecule has 0 fully saturated rings. The molecular weight excluding hydrogens is 336 g/mol. The van der Waals surface area contributed by atoms with Crippen LogP contribution in [0.5, 0.6) is 5.75 Å². The SMILES string of the molecule is CCS(=O)(=O)c1cc(=O)n(CC(=O)O)nc1-c1ccc(OC)cc1. The third-order valence-electron chi connectivity index (χ3n) is 3.33. The number of aromatic nitrogens is 2. The lowest BCUT2D eigenvalue weighted by molar-refractivity contribution is -0.138. The van der Waals surface area contributed by atoms with Gasteiger partial charge < -0.3 is 9.84 Å². The van der Waals surface area contributed by atoms with Gasteiger partial charge in [0.05, 0.1) is 12.9 Å². The van der Waals surface area contributed by atoms with Crippen LogP contribution in [0, 0.1) is 0 Å². The van der Waals surface area contributed by atoms with Crippen LogP contribution in [0.4, 0.5) is 0 Å². The summed E-state index contributed by atoms with van der Waals surface area (Å²) in [6.45, 7) is 0.796. The van der Waals surface area contributed by atoms with E-state index in [1.54, 1.807) is 24.3 Å². The van der Waals surface area contributed by atoms with Crippen LogP contribution >= 0.6 is 0 Å². The van der Waals surface area contributed by atoms with E-state index in [2.05, 4.69) is 5.10 Å². The number of nitrogens with zero attached hydrogens (tertiary/aromatic N) is 2. The quantitative estimate of drug-likeness (QED) is 0.817. The molecule has 0 spiro atoms. The normalized spacial score (nSPS) is 11.2. The smallest absolute Gasteiger partial charge is 0.325 e. The minimum absolute atomic E-state index is 0.0281. The van der Waals surface area contributed by atoms with E-state index in [1.165, 1.54) is 14.0 Å². The van der Waals surface area contributed by atoms with Gasteiger partial charge in [-0.1, -0.05) is 6.92 Å². The van der Waals surface area contributed by atoms with E-state index in [9.17, 15) is 18.0 Å². The van der Waals surface area contributed by atoms with Crippen LogP contribution in [0.3, 0.4) is 0 Å². The van der Waals surface area contributed by atoms with Crippen molar-refractivity contribution >= 4 is 15.8 Å². The lowest BCUT2D eigenvalue weighted by atomic mass is 10.1. The topological polar surface area (TPSA) is 116 Å². The Bertz CT molecular complexity index is 916. The molecule has 1 aromatic carbocycles. The maximum Gasteiger partial charge on any atom is 0.325 e. The molecule has 0 saturated heterocycles. The molecule has 8 nitrogen and oxygen atoms in total. The summed E-state index contributed by atoms with van der Waals surface area (Å²) in [6.07, 6.45) is 0. The van der Waals surface area contributed by atoms with Crippen molar-refractivity contribution < 1.29 is 23.1 Å². The summed E-state index contributed by atoms with van der Waals surface area (Å²) in [7, 11) is -2.22. The van der Waals surface area contributed by atoms with Crippen LogP contribution in [0.15, 0.2) is 40.0 Å². The molecule has 9 heteroatoms. The number of hydrogen-bond donors (Lipinski definition) is 1. The first-order valence-electron chi connectivity index (χ1n) is 6.99. The van der Waals surface area contributed by atoms with Crippen molar-refractivity contribution in [1.82, 2.24) is 9.78 Å².